The van der Waals surface area contributed by atoms with Gasteiger partial charge in [-0.1, -0.05) is 56.1 Å². The van der Waals surface area contributed by atoms with E-state index in [-0.39, 0.29) is 59.0 Å². The molecule has 3 aliphatic heterocycles. The predicted molar refractivity (Wildman–Crippen MR) is 385 cm³/mol. The second-order valence-corrected chi connectivity index (χ2v) is 25.0. The Morgan fingerprint density at radius 1 is 0.436 bits per heavy atom. The van der Waals surface area contributed by atoms with Gasteiger partial charge in [0.2, 0.25) is 17.7 Å². The number of piperidine rings is 1. The first-order valence-electron chi connectivity index (χ1n) is 33.4. The molecule has 0 bridgehead atoms. The predicted octanol–water partition coefficient (Wildman–Crippen LogP) is 16.2. The Balaban J connectivity index is 0.000000135. The van der Waals surface area contributed by atoms with Crippen LogP contribution in [0.2, 0.25) is 0 Å². The molecule has 21 heteroatoms. The molecule has 12 aromatic rings. The number of hydrogen-bond donors (Lipinski definition) is 0. The Morgan fingerprint density at radius 2 is 0.772 bits per heavy atom. The summed E-state index contributed by atoms with van der Waals surface area (Å²) in [5, 5.41) is 17.7. The van der Waals surface area contributed by atoms with Gasteiger partial charge in [0.05, 0.1) is 41.8 Å². The number of fused-ring (bicyclic) bond motifs is 3. The third-order valence-electron chi connectivity index (χ3n) is 18.5. The minimum Gasteiger partial charge on any atom is -0.493 e. The van der Waals surface area contributed by atoms with Crippen molar-refractivity contribution >= 4 is 50.4 Å². The van der Waals surface area contributed by atoms with Crippen LogP contribution < -0.4 is 18.9 Å². The summed E-state index contributed by atoms with van der Waals surface area (Å²) in [6.07, 6.45) is 18.4. The fourth-order valence-electron chi connectivity index (χ4n) is 13.2. The van der Waals surface area contributed by atoms with Gasteiger partial charge in [0.1, 0.15) is 34.3 Å². The van der Waals surface area contributed by atoms with Crippen molar-refractivity contribution in [3.8, 4) is 74.0 Å². The number of aryl methyl sites for hydroxylation is 3. The highest BCUT2D eigenvalue weighted by Crippen LogP contribution is 2.40. The van der Waals surface area contributed by atoms with Crippen LogP contribution >= 0.6 is 0 Å². The van der Waals surface area contributed by atoms with Crippen molar-refractivity contribution in [3.05, 3.63) is 249 Å². The summed E-state index contributed by atoms with van der Waals surface area (Å²) in [6, 6.07) is 44.9. The van der Waals surface area contributed by atoms with Crippen molar-refractivity contribution < 1.29 is 42.1 Å². The van der Waals surface area contributed by atoms with Crippen LogP contribution in [-0.4, -0.2) is 123 Å². The molecule has 9 heterocycles. The van der Waals surface area contributed by atoms with Crippen LogP contribution in [0, 0.1) is 32.4 Å². The van der Waals surface area contributed by atoms with E-state index in [0.29, 0.717) is 66.8 Å². The summed E-state index contributed by atoms with van der Waals surface area (Å²) in [4.78, 5) is 54.6. The molecule has 0 N–H and O–H groups in total. The molecule has 3 saturated heterocycles. The summed E-state index contributed by atoms with van der Waals surface area (Å²) in [5.41, 5.74) is 10.3. The second kappa shape index (κ2) is 29.9. The monoisotopic (exact) mass is 1350 g/mol. The van der Waals surface area contributed by atoms with Crippen molar-refractivity contribution in [3.63, 3.8) is 0 Å². The number of para-hydroxylation sites is 1. The third kappa shape index (κ3) is 14.3. The Kier molecular flexibility index (Phi) is 20.0. The van der Waals surface area contributed by atoms with Gasteiger partial charge in [0, 0.05) is 109 Å². The SMILES string of the molecule is C=CC(=O)N1CCC[C@@H](n2nc(-c3ccc(Oc4cccc(C)c4F)cc3)c3cnccc32)C1.C=CC(=O)N1CC[C@@H](n2nc(-c3ccc(Oc4cccc(C)c4F)cc3)c3cnccc32)C1.C=CC(=O)N1CC[C@@H](n2nc(-c3ccc(Oc4cccc(C)c4OC)cc3)c3cnccc32)C1. The lowest BCUT2D eigenvalue weighted by molar-refractivity contribution is -0.127. The van der Waals surface area contributed by atoms with Gasteiger partial charge in [-0.05, 0) is 191 Å². The molecule has 6 aromatic heterocycles. The van der Waals surface area contributed by atoms with Gasteiger partial charge in [-0.3, -0.25) is 43.4 Å². The summed E-state index contributed by atoms with van der Waals surface area (Å²) in [7, 11) is 1.64. The van der Waals surface area contributed by atoms with Gasteiger partial charge in [-0.2, -0.15) is 15.3 Å². The number of benzene rings is 6. The second-order valence-electron chi connectivity index (χ2n) is 25.0. The van der Waals surface area contributed by atoms with E-state index in [1.54, 1.807) is 93.0 Å². The van der Waals surface area contributed by atoms with Crippen molar-refractivity contribution in [2.75, 3.05) is 46.4 Å². The molecule has 6 aromatic carbocycles. The Morgan fingerprint density at radius 3 is 1.14 bits per heavy atom. The number of ether oxygens (including phenoxy) is 4. The quantitative estimate of drug-likeness (QED) is 0.0831. The van der Waals surface area contributed by atoms with E-state index in [9.17, 15) is 23.2 Å². The maximum atomic E-state index is 14.3. The largest absolute Gasteiger partial charge is 0.493 e. The van der Waals surface area contributed by atoms with E-state index in [2.05, 4.69) is 34.7 Å². The van der Waals surface area contributed by atoms with E-state index in [0.717, 1.165) is 110 Å². The molecule has 510 valence electrons. The zero-order valence-corrected chi connectivity index (χ0v) is 56.5. The standard InChI is InChI=1S/C27H25FN4O2.C27H26N4O3.C26H23FN4O2/c1-3-25(33)31-15-5-7-20(17-31)32-23-13-14-29-16-22(23)27(30-32)19-9-11-21(12-10-19)34-24-8-4-6-18(2)26(24)28;1-4-25(32)30-15-13-20(17-30)31-23-12-14-28-16-22(23)26(29-31)19-8-10-21(11-9-19)34-24-7-5-6-18(2)27(24)33-3;1-3-24(32)30-14-12-19(16-30)31-22-11-13-28-15-21(22)26(29-31)18-7-9-20(10-8-18)33-23-6-4-5-17(2)25(23)27/h3-4,6,8-14,16,20H,1,5,7,15,17H2,2H3;4-12,14,16,20H,1,13,15,17H2,2-3H3;3-11,13,15,19H,1,12,14,16H2,2H3/t2*20-;19-/m111/s1. The lowest BCUT2D eigenvalue weighted by Gasteiger charge is -2.32. The molecule has 3 amide bonds. The summed E-state index contributed by atoms with van der Waals surface area (Å²) >= 11 is 0. The number of likely N-dealkylation sites (tertiary alicyclic amines) is 3. The first-order chi connectivity index (χ1) is 49.2. The highest BCUT2D eigenvalue weighted by Gasteiger charge is 2.32. The van der Waals surface area contributed by atoms with Crippen molar-refractivity contribution in [1.82, 2.24) is 59.0 Å². The molecule has 3 fully saturated rings. The van der Waals surface area contributed by atoms with Crippen LogP contribution in [0.5, 0.6) is 40.2 Å². The average Bonchev–Trinajstić information content (AvgIpc) is 1.63. The van der Waals surface area contributed by atoms with Gasteiger partial charge in [-0.15, -0.1) is 0 Å². The molecule has 0 aliphatic carbocycles. The highest BCUT2D eigenvalue weighted by atomic mass is 19.1. The molecule has 101 heavy (non-hydrogen) atoms. The number of carbonyl (C=O) groups excluding carboxylic acids is 3. The zero-order chi connectivity index (χ0) is 70.3. The maximum Gasteiger partial charge on any atom is 0.246 e. The Bertz CT molecular complexity index is 5070. The fraction of sp³-hybridized carbons (Fsp3) is 0.212. The molecule has 15 rings (SSSR count). The van der Waals surface area contributed by atoms with E-state index in [1.807, 2.05) is 146 Å². The number of nitrogens with zero attached hydrogens (tertiary/aromatic N) is 12. The van der Waals surface area contributed by atoms with Crippen LogP contribution in [0.25, 0.3) is 66.5 Å². The number of aromatic nitrogens is 9. The molecular formula is C80H74F2N12O7. The molecule has 19 nitrogen and oxygen atoms in total. The molecule has 0 unspecified atom stereocenters. The lowest BCUT2D eigenvalue weighted by Crippen LogP contribution is -2.40. The topological polar surface area (TPSA) is 190 Å². The number of methoxy groups -OCH3 is 1. The molecule has 0 radical (unpaired) electrons. The van der Waals surface area contributed by atoms with Gasteiger partial charge < -0.3 is 33.6 Å². The van der Waals surface area contributed by atoms with Gasteiger partial charge >= 0.3 is 0 Å². The average molecular weight is 1350 g/mol. The molecule has 0 saturated carbocycles. The number of amides is 3. The molecule has 3 atom stereocenters. The van der Waals surface area contributed by atoms with Crippen molar-refractivity contribution in [2.45, 2.75) is 64.6 Å². The van der Waals surface area contributed by atoms with Crippen molar-refractivity contribution in [1.29, 1.82) is 0 Å². The van der Waals surface area contributed by atoms with E-state index in [1.165, 1.54) is 18.2 Å². The van der Waals surface area contributed by atoms with Crippen LogP contribution in [0.1, 0.15) is 60.5 Å². The molecular weight excluding hydrogens is 1280 g/mol. The number of halogens is 2. The normalized spacial score (nSPS) is 15.7. The zero-order valence-electron chi connectivity index (χ0n) is 56.5. The van der Waals surface area contributed by atoms with Crippen LogP contribution in [0.4, 0.5) is 8.78 Å². The number of pyridine rings is 3. The van der Waals surface area contributed by atoms with Gasteiger partial charge in [-0.25, -0.2) is 8.78 Å². The van der Waals surface area contributed by atoms with E-state index >= 15 is 0 Å². The summed E-state index contributed by atoms with van der Waals surface area (Å²) in [5.74, 6) is 2.71. The van der Waals surface area contributed by atoms with E-state index in [4.69, 9.17) is 34.2 Å². The number of carbonyl (C=O) groups is 3. The summed E-state index contributed by atoms with van der Waals surface area (Å²) in [6.45, 7) is 20.1. The Hall–Kier alpha value is -12.1. The van der Waals surface area contributed by atoms with Crippen LogP contribution in [0.15, 0.2) is 221 Å². The first kappa shape index (κ1) is 67.4. The first-order valence-corrected chi connectivity index (χ1v) is 33.4. The third-order valence-corrected chi connectivity index (χ3v) is 18.5. The fourth-order valence-corrected chi connectivity index (χ4v) is 13.2. The minimum absolute atomic E-state index is 0.0401. The lowest BCUT2D eigenvalue weighted by atomic mass is 10.1. The number of hydrogen-bond acceptors (Lipinski definition) is 13. The molecule has 0 spiro atoms. The van der Waals surface area contributed by atoms with Crippen LogP contribution in [0.3, 0.4) is 0 Å². The highest BCUT2D eigenvalue weighted by molar-refractivity contribution is 5.95. The Labute approximate surface area is 582 Å². The van der Waals surface area contributed by atoms with E-state index < -0.39 is 0 Å². The minimum atomic E-state index is -0.363. The van der Waals surface area contributed by atoms with Crippen LogP contribution in [-0.2, 0) is 14.4 Å². The van der Waals surface area contributed by atoms with Gasteiger partial charge in [0.15, 0.2) is 34.6 Å². The number of rotatable bonds is 16. The summed E-state index contributed by atoms with van der Waals surface area (Å²) < 4.78 is 57.7. The molecule has 3 aliphatic rings. The van der Waals surface area contributed by atoms with Crippen molar-refractivity contribution in [2.24, 2.45) is 0 Å². The van der Waals surface area contributed by atoms with Gasteiger partial charge in [0.25, 0.3) is 0 Å². The smallest absolute Gasteiger partial charge is 0.246 e. The maximum absolute atomic E-state index is 14.3.